The Morgan fingerprint density at radius 1 is 1.00 bits per heavy atom. The summed E-state index contributed by atoms with van der Waals surface area (Å²) in [5, 5.41) is 14.6. The van der Waals surface area contributed by atoms with Crippen LogP contribution in [0.3, 0.4) is 0 Å². The Morgan fingerprint density at radius 2 is 1.69 bits per heavy atom. The molecule has 0 amide bonds. The lowest BCUT2D eigenvalue weighted by Gasteiger charge is -2.11. The van der Waals surface area contributed by atoms with E-state index in [1.807, 2.05) is 54.6 Å². The van der Waals surface area contributed by atoms with E-state index < -0.39 is 4.92 Å². The summed E-state index contributed by atoms with van der Waals surface area (Å²) in [6, 6.07) is 20.2. The van der Waals surface area contributed by atoms with Crippen LogP contribution >= 0.6 is 0 Å². The number of rotatable bonds is 7. The summed E-state index contributed by atoms with van der Waals surface area (Å²) in [6.45, 7) is 1.08. The van der Waals surface area contributed by atoms with E-state index in [1.54, 1.807) is 13.2 Å². The SMILES string of the molecule is COCc1ccccc1CNc1ccc([N+](=O)[O-])c(-c2ccccc2)n1. The summed E-state index contributed by atoms with van der Waals surface area (Å²) in [5.41, 5.74) is 3.23. The molecule has 0 unspecified atom stereocenters. The molecule has 0 atom stereocenters. The maximum Gasteiger partial charge on any atom is 0.295 e. The molecule has 0 aliphatic rings. The number of anilines is 1. The fourth-order valence-corrected chi connectivity index (χ4v) is 2.72. The number of methoxy groups -OCH3 is 1. The number of pyridine rings is 1. The Balaban J connectivity index is 1.87. The third-order valence-corrected chi connectivity index (χ3v) is 4.00. The largest absolute Gasteiger partial charge is 0.380 e. The Morgan fingerprint density at radius 3 is 2.38 bits per heavy atom. The first-order valence-electron chi connectivity index (χ1n) is 8.19. The molecule has 1 heterocycles. The van der Waals surface area contributed by atoms with Gasteiger partial charge in [-0.2, -0.15) is 0 Å². The molecular weight excluding hydrogens is 330 g/mol. The van der Waals surface area contributed by atoms with Crippen molar-refractivity contribution >= 4 is 11.5 Å². The van der Waals surface area contributed by atoms with Crippen LogP contribution in [0.2, 0.25) is 0 Å². The molecule has 0 spiro atoms. The summed E-state index contributed by atoms with van der Waals surface area (Å²) in [7, 11) is 1.66. The number of aromatic nitrogens is 1. The van der Waals surface area contributed by atoms with Crippen LogP contribution in [0.4, 0.5) is 11.5 Å². The Bertz CT molecular complexity index is 898. The van der Waals surface area contributed by atoms with Crippen molar-refractivity contribution in [1.29, 1.82) is 0 Å². The van der Waals surface area contributed by atoms with Gasteiger partial charge in [0.15, 0.2) is 5.69 Å². The fourth-order valence-electron chi connectivity index (χ4n) is 2.72. The summed E-state index contributed by atoms with van der Waals surface area (Å²) in [5.74, 6) is 0.585. The molecule has 3 rings (SSSR count). The predicted molar refractivity (Wildman–Crippen MR) is 101 cm³/mol. The van der Waals surface area contributed by atoms with Gasteiger partial charge >= 0.3 is 0 Å². The van der Waals surface area contributed by atoms with Gasteiger partial charge in [0.05, 0.1) is 11.5 Å². The molecule has 0 fully saturated rings. The van der Waals surface area contributed by atoms with Gasteiger partial charge in [-0.25, -0.2) is 4.98 Å². The lowest BCUT2D eigenvalue weighted by atomic mass is 10.1. The van der Waals surface area contributed by atoms with Crippen LogP contribution in [0, 0.1) is 10.1 Å². The molecule has 0 bridgehead atoms. The van der Waals surface area contributed by atoms with Crippen molar-refractivity contribution in [3.05, 3.63) is 88.0 Å². The van der Waals surface area contributed by atoms with E-state index in [2.05, 4.69) is 10.3 Å². The zero-order valence-electron chi connectivity index (χ0n) is 14.4. The van der Waals surface area contributed by atoms with Crippen LogP contribution in [0.5, 0.6) is 0 Å². The van der Waals surface area contributed by atoms with Crippen molar-refractivity contribution < 1.29 is 9.66 Å². The summed E-state index contributed by atoms with van der Waals surface area (Å²) < 4.78 is 5.22. The zero-order valence-corrected chi connectivity index (χ0v) is 14.4. The Labute approximate surface area is 151 Å². The van der Waals surface area contributed by atoms with E-state index >= 15 is 0 Å². The molecule has 0 saturated heterocycles. The molecule has 0 radical (unpaired) electrons. The van der Waals surface area contributed by atoms with Gasteiger partial charge in [0.25, 0.3) is 5.69 Å². The molecule has 0 saturated carbocycles. The van der Waals surface area contributed by atoms with Crippen LogP contribution in [0.15, 0.2) is 66.7 Å². The Hall–Kier alpha value is -3.25. The second-order valence-electron chi connectivity index (χ2n) is 5.74. The van der Waals surface area contributed by atoms with E-state index in [9.17, 15) is 10.1 Å². The monoisotopic (exact) mass is 349 g/mol. The second-order valence-corrected chi connectivity index (χ2v) is 5.74. The number of nitro groups is 1. The zero-order chi connectivity index (χ0) is 18.4. The van der Waals surface area contributed by atoms with Crippen molar-refractivity contribution in [3.63, 3.8) is 0 Å². The van der Waals surface area contributed by atoms with Gasteiger partial charge in [-0.05, 0) is 17.2 Å². The highest BCUT2D eigenvalue weighted by atomic mass is 16.6. The lowest BCUT2D eigenvalue weighted by molar-refractivity contribution is -0.384. The van der Waals surface area contributed by atoms with Gasteiger partial charge in [-0.1, -0.05) is 54.6 Å². The van der Waals surface area contributed by atoms with Crippen LogP contribution in [-0.2, 0) is 17.9 Å². The van der Waals surface area contributed by atoms with Gasteiger partial charge in [0.1, 0.15) is 5.82 Å². The average Bonchev–Trinajstić information content (AvgIpc) is 2.68. The molecule has 0 aliphatic carbocycles. The average molecular weight is 349 g/mol. The first kappa shape index (κ1) is 17.6. The number of nitrogens with zero attached hydrogens (tertiary/aromatic N) is 2. The van der Waals surface area contributed by atoms with Gasteiger partial charge in [0.2, 0.25) is 0 Å². The summed E-state index contributed by atoms with van der Waals surface area (Å²) in [4.78, 5) is 15.4. The molecule has 2 aromatic carbocycles. The summed E-state index contributed by atoms with van der Waals surface area (Å²) in [6.07, 6.45) is 0. The quantitative estimate of drug-likeness (QED) is 0.505. The van der Waals surface area contributed by atoms with E-state index in [0.29, 0.717) is 30.2 Å². The van der Waals surface area contributed by atoms with E-state index in [4.69, 9.17) is 4.74 Å². The maximum atomic E-state index is 11.3. The molecule has 6 heteroatoms. The Kier molecular flexibility index (Phi) is 5.56. The third-order valence-electron chi connectivity index (χ3n) is 4.00. The molecule has 1 N–H and O–H groups in total. The standard InChI is InChI=1S/C20H19N3O3/c1-26-14-17-10-6-5-9-16(17)13-21-19-12-11-18(23(24)25)20(22-19)15-7-3-2-4-8-15/h2-12H,13-14H2,1H3,(H,21,22). The third kappa shape index (κ3) is 4.04. The minimum atomic E-state index is -0.410. The number of hydrogen-bond acceptors (Lipinski definition) is 5. The molecule has 3 aromatic rings. The van der Waals surface area contributed by atoms with Crippen molar-refractivity contribution in [2.75, 3.05) is 12.4 Å². The van der Waals surface area contributed by atoms with E-state index in [-0.39, 0.29) is 5.69 Å². The number of nitrogens with one attached hydrogen (secondary N) is 1. The number of benzene rings is 2. The van der Waals surface area contributed by atoms with Gasteiger partial charge < -0.3 is 10.1 Å². The van der Waals surface area contributed by atoms with Gasteiger partial charge in [0, 0.05) is 25.3 Å². The predicted octanol–water partition coefficient (Wildman–Crippen LogP) is 4.42. The van der Waals surface area contributed by atoms with Crippen LogP contribution < -0.4 is 5.32 Å². The highest BCUT2D eigenvalue weighted by Crippen LogP contribution is 2.29. The first-order chi connectivity index (χ1) is 12.7. The maximum absolute atomic E-state index is 11.3. The summed E-state index contributed by atoms with van der Waals surface area (Å²) >= 11 is 0. The van der Waals surface area contributed by atoms with Gasteiger partial charge in [-0.3, -0.25) is 10.1 Å². The lowest BCUT2D eigenvalue weighted by Crippen LogP contribution is -2.06. The van der Waals surface area contributed by atoms with Crippen LogP contribution in [0.1, 0.15) is 11.1 Å². The normalized spacial score (nSPS) is 10.5. The molecule has 1 aromatic heterocycles. The molecule has 0 aliphatic heterocycles. The minimum absolute atomic E-state index is 0.0125. The highest BCUT2D eigenvalue weighted by Gasteiger charge is 2.17. The molecule has 6 nitrogen and oxygen atoms in total. The number of hydrogen-bond donors (Lipinski definition) is 1. The van der Waals surface area contributed by atoms with Crippen molar-refractivity contribution in [1.82, 2.24) is 4.98 Å². The van der Waals surface area contributed by atoms with E-state index in [0.717, 1.165) is 11.1 Å². The number of ether oxygens (including phenoxy) is 1. The molecule has 132 valence electrons. The topological polar surface area (TPSA) is 77.3 Å². The molecule has 26 heavy (non-hydrogen) atoms. The highest BCUT2D eigenvalue weighted by molar-refractivity contribution is 5.71. The first-order valence-corrected chi connectivity index (χ1v) is 8.19. The smallest absolute Gasteiger partial charge is 0.295 e. The van der Waals surface area contributed by atoms with Crippen molar-refractivity contribution in [2.45, 2.75) is 13.2 Å². The van der Waals surface area contributed by atoms with Crippen LogP contribution in [0.25, 0.3) is 11.3 Å². The fraction of sp³-hybridized carbons (Fsp3) is 0.150. The molecular formula is C20H19N3O3. The van der Waals surface area contributed by atoms with Gasteiger partial charge in [-0.15, -0.1) is 0 Å². The minimum Gasteiger partial charge on any atom is -0.380 e. The van der Waals surface area contributed by atoms with Crippen molar-refractivity contribution in [3.8, 4) is 11.3 Å². The van der Waals surface area contributed by atoms with E-state index in [1.165, 1.54) is 6.07 Å². The van der Waals surface area contributed by atoms with Crippen LogP contribution in [-0.4, -0.2) is 17.0 Å². The van der Waals surface area contributed by atoms with Crippen molar-refractivity contribution in [2.24, 2.45) is 0 Å². The second kappa shape index (κ2) is 8.22.